The van der Waals surface area contributed by atoms with E-state index in [4.69, 9.17) is 16.3 Å². The van der Waals surface area contributed by atoms with Crippen LogP contribution in [0.2, 0.25) is 5.02 Å². The van der Waals surface area contributed by atoms with E-state index in [9.17, 15) is 9.59 Å². The van der Waals surface area contributed by atoms with E-state index in [1.807, 2.05) is 24.3 Å². The van der Waals surface area contributed by atoms with Crippen molar-refractivity contribution in [3.63, 3.8) is 0 Å². The fourth-order valence-electron chi connectivity index (χ4n) is 2.50. The molecule has 1 N–H and O–H groups in total. The Bertz CT molecular complexity index is 937. The molecule has 0 spiro atoms. The topological polar surface area (TPSA) is 55.4 Å². The first-order chi connectivity index (χ1) is 12.6. The van der Waals surface area contributed by atoms with E-state index in [-0.39, 0.29) is 12.5 Å². The third-order valence-corrected chi connectivity index (χ3v) is 4.92. The Balaban J connectivity index is 2.02. The van der Waals surface area contributed by atoms with Crippen LogP contribution < -0.4 is 5.32 Å². The van der Waals surface area contributed by atoms with Gasteiger partial charge in [-0.1, -0.05) is 48.0 Å². The zero-order valence-corrected chi connectivity index (χ0v) is 15.6. The molecule has 26 heavy (non-hydrogen) atoms. The Morgan fingerprint density at radius 1 is 1.04 bits per heavy atom. The lowest BCUT2D eigenvalue weighted by atomic mass is 10.0. The van der Waals surface area contributed by atoms with Gasteiger partial charge in [-0.2, -0.15) is 0 Å². The molecule has 4 nitrogen and oxygen atoms in total. The molecule has 3 rings (SSSR count). The highest BCUT2D eigenvalue weighted by molar-refractivity contribution is 7.15. The van der Waals surface area contributed by atoms with Crippen LogP contribution in [-0.2, 0) is 4.74 Å². The molecule has 0 saturated heterocycles. The van der Waals surface area contributed by atoms with Crippen LogP contribution in [0.25, 0.3) is 11.1 Å². The molecule has 2 aromatic carbocycles. The van der Waals surface area contributed by atoms with Gasteiger partial charge in [-0.3, -0.25) is 4.79 Å². The summed E-state index contributed by atoms with van der Waals surface area (Å²) in [6, 6.07) is 16.1. The lowest BCUT2D eigenvalue weighted by Crippen LogP contribution is -2.14. The first kappa shape index (κ1) is 18.2. The van der Waals surface area contributed by atoms with Gasteiger partial charge in [0, 0.05) is 27.1 Å². The van der Waals surface area contributed by atoms with Crippen LogP contribution in [0.5, 0.6) is 0 Å². The Labute approximate surface area is 160 Å². The highest BCUT2D eigenvalue weighted by Crippen LogP contribution is 2.39. The average molecular weight is 386 g/mol. The smallest absolute Gasteiger partial charge is 0.341 e. The first-order valence-corrected chi connectivity index (χ1v) is 9.27. The SMILES string of the molecule is CCOC(=O)c1c(-c2ccccc2Cl)csc1NC(=O)c1ccccc1. The van der Waals surface area contributed by atoms with Crippen molar-refractivity contribution >= 4 is 39.8 Å². The van der Waals surface area contributed by atoms with Gasteiger partial charge in [0.05, 0.1) is 6.61 Å². The summed E-state index contributed by atoms with van der Waals surface area (Å²) >= 11 is 7.55. The zero-order chi connectivity index (χ0) is 18.5. The number of hydrogen-bond donors (Lipinski definition) is 1. The standard InChI is InChI=1S/C20H16ClNO3S/c1-2-25-20(24)17-15(14-10-6-7-11-16(14)21)12-26-19(17)22-18(23)13-8-4-3-5-9-13/h3-12H,2H2,1H3,(H,22,23). The molecule has 0 aliphatic heterocycles. The largest absolute Gasteiger partial charge is 0.462 e. The number of amides is 1. The second-order valence-electron chi connectivity index (χ2n) is 5.37. The molecule has 6 heteroatoms. The van der Waals surface area contributed by atoms with Gasteiger partial charge in [0.15, 0.2) is 0 Å². The average Bonchev–Trinajstić information content (AvgIpc) is 3.06. The molecule has 1 heterocycles. The van der Waals surface area contributed by atoms with Crippen LogP contribution in [0.4, 0.5) is 5.00 Å². The number of carbonyl (C=O) groups is 2. The molecule has 0 bridgehead atoms. The first-order valence-electron chi connectivity index (χ1n) is 8.01. The third kappa shape index (κ3) is 3.79. The summed E-state index contributed by atoms with van der Waals surface area (Å²) in [6.07, 6.45) is 0. The van der Waals surface area contributed by atoms with Gasteiger partial charge in [-0.15, -0.1) is 11.3 Å². The Hall–Kier alpha value is -2.63. The maximum atomic E-state index is 12.5. The van der Waals surface area contributed by atoms with E-state index in [0.717, 1.165) is 0 Å². The molecule has 1 aromatic heterocycles. The maximum Gasteiger partial charge on any atom is 0.341 e. The number of esters is 1. The minimum absolute atomic E-state index is 0.239. The van der Waals surface area contributed by atoms with Gasteiger partial charge in [-0.05, 0) is 25.1 Å². The van der Waals surface area contributed by atoms with E-state index in [1.165, 1.54) is 11.3 Å². The summed E-state index contributed by atoms with van der Waals surface area (Å²) in [7, 11) is 0. The molecule has 0 unspecified atom stereocenters. The quantitative estimate of drug-likeness (QED) is 0.590. The molecule has 1 amide bonds. The van der Waals surface area contributed by atoms with Crippen LogP contribution in [-0.4, -0.2) is 18.5 Å². The lowest BCUT2D eigenvalue weighted by molar-refractivity contribution is 0.0529. The zero-order valence-electron chi connectivity index (χ0n) is 14.0. The number of halogens is 1. The van der Waals surface area contributed by atoms with Crippen LogP contribution in [0, 0.1) is 0 Å². The highest BCUT2D eigenvalue weighted by Gasteiger charge is 2.24. The molecular weight excluding hydrogens is 370 g/mol. The molecule has 0 aliphatic rings. The minimum atomic E-state index is -0.493. The van der Waals surface area contributed by atoms with Crippen molar-refractivity contribution < 1.29 is 14.3 Å². The van der Waals surface area contributed by atoms with Crippen molar-refractivity contribution in [2.75, 3.05) is 11.9 Å². The summed E-state index contributed by atoms with van der Waals surface area (Å²) in [5, 5.41) is 5.57. The number of nitrogens with one attached hydrogen (secondary N) is 1. The lowest BCUT2D eigenvalue weighted by Gasteiger charge is -2.09. The number of carbonyl (C=O) groups excluding carboxylic acids is 2. The predicted molar refractivity (Wildman–Crippen MR) is 105 cm³/mol. The van der Waals surface area contributed by atoms with Crippen molar-refractivity contribution in [2.45, 2.75) is 6.92 Å². The van der Waals surface area contributed by atoms with Crippen molar-refractivity contribution in [2.24, 2.45) is 0 Å². The summed E-state index contributed by atoms with van der Waals surface area (Å²) in [5.74, 6) is -0.782. The summed E-state index contributed by atoms with van der Waals surface area (Å²) in [6.45, 7) is 1.98. The van der Waals surface area contributed by atoms with Gasteiger partial charge >= 0.3 is 5.97 Å². The molecule has 0 radical (unpaired) electrons. The normalized spacial score (nSPS) is 10.4. The number of hydrogen-bond acceptors (Lipinski definition) is 4. The number of rotatable bonds is 5. The van der Waals surface area contributed by atoms with Crippen molar-refractivity contribution in [3.05, 3.63) is 76.1 Å². The van der Waals surface area contributed by atoms with Gasteiger partial charge in [0.2, 0.25) is 0 Å². The van der Waals surface area contributed by atoms with Crippen LogP contribution >= 0.6 is 22.9 Å². The number of anilines is 1. The van der Waals surface area contributed by atoms with Gasteiger partial charge in [0.25, 0.3) is 5.91 Å². The van der Waals surface area contributed by atoms with E-state index >= 15 is 0 Å². The summed E-state index contributed by atoms with van der Waals surface area (Å²) in [4.78, 5) is 25.0. The summed E-state index contributed by atoms with van der Waals surface area (Å²) in [5.41, 5.74) is 2.18. The highest BCUT2D eigenvalue weighted by atomic mass is 35.5. The van der Waals surface area contributed by atoms with Crippen LogP contribution in [0.1, 0.15) is 27.6 Å². The molecule has 3 aromatic rings. The summed E-state index contributed by atoms with van der Waals surface area (Å²) < 4.78 is 5.19. The van der Waals surface area contributed by atoms with Crippen LogP contribution in [0.15, 0.2) is 60.0 Å². The second kappa shape index (κ2) is 8.17. The van der Waals surface area contributed by atoms with Crippen LogP contribution in [0.3, 0.4) is 0 Å². The maximum absolute atomic E-state index is 12.5. The molecule has 0 saturated carbocycles. The van der Waals surface area contributed by atoms with Gasteiger partial charge < -0.3 is 10.1 Å². The molecular formula is C20H16ClNO3S. The monoisotopic (exact) mass is 385 g/mol. The molecule has 0 aliphatic carbocycles. The van der Waals surface area contributed by atoms with Crippen molar-refractivity contribution in [1.29, 1.82) is 0 Å². The number of benzene rings is 2. The number of thiophene rings is 1. The fourth-order valence-corrected chi connectivity index (χ4v) is 3.68. The van der Waals surface area contributed by atoms with Crippen molar-refractivity contribution in [3.8, 4) is 11.1 Å². The van der Waals surface area contributed by atoms with Gasteiger partial charge in [-0.25, -0.2) is 4.79 Å². The molecule has 132 valence electrons. The van der Waals surface area contributed by atoms with E-state index in [2.05, 4.69) is 5.32 Å². The van der Waals surface area contributed by atoms with Crippen molar-refractivity contribution in [1.82, 2.24) is 0 Å². The Morgan fingerprint density at radius 2 is 1.73 bits per heavy atom. The van der Waals surface area contributed by atoms with E-state index in [0.29, 0.717) is 32.3 Å². The van der Waals surface area contributed by atoms with E-state index in [1.54, 1.807) is 42.6 Å². The number of ether oxygens (including phenoxy) is 1. The van der Waals surface area contributed by atoms with Gasteiger partial charge in [0.1, 0.15) is 10.6 Å². The third-order valence-electron chi connectivity index (χ3n) is 3.70. The minimum Gasteiger partial charge on any atom is -0.462 e. The second-order valence-corrected chi connectivity index (χ2v) is 6.66. The predicted octanol–water partition coefficient (Wildman–Crippen LogP) is 5.50. The Morgan fingerprint density at radius 3 is 2.42 bits per heavy atom. The Kier molecular flexibility index (Phi) is 5.71. The molecule has 0 atom stereocenters. The molecule has 0 fully saturated rings. The van der Waals surface area contributed by atoms with E-state index < -0.39 is 5.97 Å². The fraction of sp³-hybridized carbons (Fsp3) is 0.100.